The average molecular weight is 490 g/mol. The van der Waals surface area contributed by atoms with Crippen LogP contribution in [0.1, 0.15) is 43.1 Å². The Morgan fingerprint density at radius 2 is 1.71 bits per heavy atom. The Balaban J connectivity index is 1.77. The van der Waals surface area contributed by atoms with Gasteiger partial charge in [-0.05, 0) is 42.7 Å². The highest BCUT2D eigenvalue weighted by molar-refractivity contribution is 7.90. The zero-order valence-electron chi connectivity index (χ0n) is 19.3. The van der Waals surface area contributed by atoms with Gasteiger partial charge in [0.15, 0.2) is 0 Å². The van der Waals surface area contributed by atoms with Crippen LogP contribution in [0.15, 0.2) is 53.4 Å². The van der Waals surface area contributed by atoms with Crippen molar-refractivity contribution >= 4 is 27.7 Å². The minimum atomic E-state index is -4.04. The fourth-order valence-corrected chi connectivity index (χ4v) is 5.18. The van der Waals surface area contributed by atoms with E-state index >= 15 is 0 Å². The molecule has 1 unspecified atom stereocenters. The number of carbonyl (C=O) groups excluding carboxylic acids is 3. The third-order valence-electron chi connectivity index (χ3n) is 5.56. The van der Waals surface area contributed by atoms with Crippen LogP contribution in [0.25, 0.3) is 0 Å². The van der Waals surface area contributed by atoms with Crippen LogP contribution < -0.4 is 5.32 Å². The fraction of sp³-hybridized carbons (Fsp3) is 0.375. The van der Waals surface area contributed by atoms with Crippen molar-refractivity contribution in [2.45, 2.75) is 44.7 Å². The standard InChI is InChI=1S/C24H28FN3O5S/c1-16(2)14-26-23(30)17(3)27(15-18-8-10-19(25)11-9-18)22(29)12-13-28-24(31)20-6-4-5-7-21(20)34(28,32)33/h4-11,16-17H,12-15H2,1-3H3,(H,26,30). The van der Waals surface area contributed by atoms with Crippen LogP contribution in [0.3, 0.4) is 0 Å². The fourth-order valence-electron chi connectivity index (χ4n) is 3.61. The van der Waals surface area contributed by atoms with E-state index in [1.807, 2.05) is 13.8 Å². The minimum absolute atomic E-state index is 0.0241. The highest BCUT2D eigenvalue weighted by Gasteiger charge is 2.41. The molecule has 0 aliphatic carbocycles. The van der Waals surface area contributed by atoms with E-state index in [0.717, 1.165) is 0 Å². The zero-order chi connectivity index (χ0) is 25.0. The van der Waals surface area contributed by atoms with Gasteiger partial charge in [0.05, 0.1) is 5.56 Å². The van der Waals surface area contributed by atoms with E-state index in [9.17, 15) is 27.2 Å². The third-order valence-corrected chi connectivity index (χ3v) is 7.40. The largest absolute Gasteiger partial charge is 0.354 e. The molecular weight excluding hydrogens is 461 g/mol. The first kappa shape index (κ1) is 25.4. The maximum Gasteiger partial charge on any atom is 0.269 e. The number of fused-ring (bicyclic) bond motifs is 1. The molecular formula is C24H28FN3O5S. The molecule has 0 saturated carbocycles. The van der Waals surface area contributed by atoms with Crippen LogP contribution in [-0.4, -0.2) is 54.5 Å². The number of halogens is 1. The number of sulfonamides is 1. The molecule has 1 atom stereocenters. The Labute approximate surface area is 198 Å². The van der Waals surface area contributed by atoms with Gasteiger partial charge in [0, 0.05) is 26.1 Å². The van der Waals surface area contributed by atoms with Crippen molar-refractivity contribution in [1.29, 1.82) is 0 Å². The summed E-state index contributed by atoms with van der Waals surface area (Å²) < 4.78 is 39.6. The molecule has 1 heterocycles. The van der Waals surface area contributed by atoms with E-state index in [4.69, 9.17) is 0 Å². The van der Waals surface area contributed by atoms with Gasteiger partial charge in [-0.2, -0.15) is 0 Å². The lowest BCUT2D eigenvalue weighted by Gasteiger charge is -2.29. The first-order valence-corrected chi connectivity index (χ1v) is 12.4. The summed E-state index contributed by atoms with van der Waals surface area (Å²) in [5.74, 6) is -1.76. The minimum Gasteiger partial charge on any atom is -0.354 e. The Morgan fingerprint density at radius 1 is 1.06 bits per heavy atom. The lowest BCUT2D eigenvalue weighted by atomic mass is 10.1. The Kier molecular flexibility index (Phi) is 7.71. The number of amides is 3. The summed E-state index contributed by atoms with van der Waals surface area (Å²) >= 11 is 0. The number of nitrogens with one attached hydrogen (secondary N) is 1. The lowest BCUT2D eigenvalue weighted by molar-refractivity contribution is -0.140. The Hall–Kier alpha value is -3.27. The molecule has 0 fully saturated rings. The first-order chi connectivity index (χ1) is 16.0. The van der Waals surface area contributed by atoms with E-state index in [0.29, 0.717) is 16.4 Å². The van der Waals surface area contributed by atoms with E-state index in [1.165, 1.54) is 47.4 Å². The molecule has 34 heavy (non-hydrogen) atoms. The van der Waals surface area contributed by atoms with E-state index in [1.54, 1.807) is 13.0 Å². The van der Waals surface area contributed by atoms with Crippen molar-refractivity contribution in [2.75, 3.05) is 13.1 Å². The van der Waals surface area contributed by atoms with Crippen LogP contribution in [0.5, 0.6) is 0 Å². The molecule has 0 radical (unpaired) electrons. The zero-order valence-corrected chi connectivity index (χ0v) is 20.1. The van der Waals surface area contributed by atoms with Gasteiger partial charge in [-0.3, -0.25) is 14.4 Å². The summed E-state index contributed by atoms with van der Waals surface area (Å²) in [7, 11) is -4.04. The van der Waals surface area contributed by atoms with Crippen molar-refractivity contribution in [3.05, 3.63) is 65.5 Å². The Bertz CT molecular complexity index is 1180. The quantitative estimate of drug-likeness (QED) is 0.583. The second kappa shape index (κ2) is 10.3. The number of nitrogens with zero attached hydrogens (tertiary/aromatic N) is 2. The normalized spacial score (nSPS) is 15.2. The van der Waals surface area contributed by atoms with Gasteiger partial charge in [0.2, 0.25) is 11.8 Å². The molecule has 3 rings (SSSR count). The van der Waals surface area contributed by atoms with Gasteiger partial charge in [0.1, 0.15) is 16.8 Å². The molecule has 2 aromatic carbocycles. The smallest absolute Gasteiger partial charge is 0.269 e. The third kappa shape index (κ3) is 5.44. The number of hydrogen-bond acceptors (Lipinski definition) is 5. The molecule has 10 heteroatoms. The predicted octanol–water partition coefficient (Wildman–Crippen LogP) is 2.55. The highest BCUT2D eigenvalue weighted by atomic mass is 32.2. The summed E-state index contributed by atoms with van der Waals surface area (Å²) in [6.07, 6.45) is -0.304. The summed E-state index contributed by atoms with van der Waals surface area (Å²) in [6, 6.07) is 10.6. The number of benzene rings is 2. The summed E-state index contributed by atoms with van der Waals surface area (Å²) in [4.78, 5) is 39.7. The Morgan fingerprint density at radius 3 is 2.32 bits per heavy atom. The summed E-state index contributed by atoms with van der Waals surface area (Å²) in [6.45, 7) is 5.56. The van der Waals surface area contributed by atoms with Crippen LogP contribution in [-0.2, 0) is 26.2 Å². The molecule has 182 valence electrons. The molecule has 1 N–H and O–H groups in total. The van der Waals surface area contributed by atoms with Gasteiger partial charge < -0.3 is 10.2 Å². The second-order valence-corrected chi connectivity index (χ2v) is 10.4. The molecule has 8 nitrogen and oxygen atoms in total. The van der Waals surface area contributed by atoms with Crippen LogP contribution in [0.2, 0.25) is 0 Å². The summed E-state index contributed by atoms with van der Waals surface area (Å²) in [5.41, 5.74) is 0.676. The van der Waals surface area contributed by atoms with E-state index in [-0.39, 0.29) is 41.8 Å². The molecule has 0 spiro atoms. The van der Waals surface area contributed by atoms with E-state index < -0.39 is 33.7 Å². The maximum absolute atomic E-state index is 13.3. The molecule has 0 aromatic heterocycles. The van der Waals surface area contributed by atoms with Crippen molar-refractivity contribution < 1.29 is 27.2 Å². The second-order valence-electron chi connectivity index (χ2n) is 8.59. The number of hydrogen-bond donors (Lipinski definition) is 1. The van der Waals surface area contributed by atoms with E-state index in [2.05, 4.69) is 5.32 Å². The molecule has 1 aliphatic rings. The maximum atomic E-state index is 13.3. The highest BCUT2D eigenvalue weighted by Crippen LogP contribution is 2.30. The molecule has 3 amide bonds. The first-order valence-electron chi connectivity index (χ1n) is 11.0. The molecule has 1 aliphatic heterocycles. The lowest BCUT2D eigenvalue weighted by Crippen LogP contribution is -2.49. The van der Waals surface area contributed by atoms with Gasteiger partial charge in [0.25, 0.3) is 15.9 Å². The SMILES string of the molecule is CC(C)CNC(=O)C(C)N(Cc1ccc(F)cc1)C(=O)CCN1C(=O)c2ccccc2S1(=O)=O. The van der Waals surface area contributed by atoms with Crippen molar-refractivity contribution in [2.24, 2.45) is 5.92 Å². The van der Waals surface area contributed by atoms with Crippen molar-refractivity contribution in [3.63, 3.8) is 0 Å². The number of rotatable bonds is 9. The van der Waals surface area contributed by atoms with Gasteiger partial charge in [-0.25, -0.2) is 17.1 Å². The number of carbonyl (C=O) groups is 3. The topological polar surface area (TPSA) is 104 Å². The summed E-state index contributed by atoms with van der Waals surface area (Å²) in [5, 5.41) is 2.79. The van der Waals surface area contributed by atoms with Gasteiger partial charge in [-0.15, -0.1) is 0 Å². The van der Waals surface area contributed by atoms with Crippen molar-refractivity contribution in [1.82, 2.24) is 14.5 Å². The molecule has 0 bridgehead atoms. The predicted molar refractivity (Wildman–Crippen MR) is 124 cm³/mol. The van der Waals surface area contributed by atoms with Crippen LogP contribution >= 0.6 is 0 Å². The van der Waals surface area contributed by atoms with Crippen LogP contribution in [0, 0.1) is 11.7 Å². The van der Waals surface area contributed by atoms with Gasteiger partial charge in [-0.1, -0.05) is 38.1 Å². The molecule has 2 aromatic rings. The van der Waals surface area contributed by atoms with Crippen molar-refractivity contribution in [3.8, 4) is 0 Å². The van der Waals surface area contributed by atoms with Crippen LogP contribution in [0.4, 0.5) is 4.39 Å². The monoisotopic (exact) mass is 489 g/mol. The average Bonchev–Trinajstić information content (AvgIpc) is 3.00. The molecule has 0 saturated heterocycles. The van der Waals surface area contributed by atoms with Gasteiger partial charge >= 0.3 is 0 Å².